The van der Waals surface area contributed by atoms with Crippen molar-refractivity contribution in [3.8, 4) is 0 Å². The Morgan fingerprint density at radius 1 is 1.42 bits per heavy atom. The van der Waals surface area contributed by atoms with Crippen molar-refractivity contribution in [3.05, 3.63) is 18.1 Å². The summed E-state index contributed by atoms with van der Waals surface area (Å²) in [5.41, 5.74) is 8.30. The monoisotopic (exact) mass is 356 g/mol. The van der Waals surface area contributed by atoms with Crippen molar-refractivity contribution in [1.82, 2.24) is 20.3 Å². The number of carbonyl (C=O) groups excluding carboxylic acids is 1. The van der Waals surface area contributed by atoms with Crippen molar-refractivity contribution in [3.63, 3.8) is 0 Å². The number of nitrogens with one attached hydrogen (secondary N) is 2. The standard InChI is InChI=1S/C19H28N6O/c1-2-13-9-21-16-15(13)17(24-12-23-16)25-8-7-19(20,11-25)10-22-18(26)14-5-3-4-6-14/h9,12,14H,2-8,10-11,20H2,1H3,(H,22,26)(H,21,23,24)/t19-/m0/s1. The second kappa shape index (κ2) is 6.87. The lowest BCUT2D eigenvalue weighted by Gasteiger charge is -2.26. The van der Waals surface area contributed by atoms with Gasteiger partial charge in [-0.25, -0.2) is 9.97 Å². The maximum atomic E-state index is 12.3. The fraction of sp³-hybridized carbons (Fsp3) is 0.632. The van der Waals surface area contributed by atoms with Crippen LogP contribution in [0.3, 0.4) is 0 Å². The Balaban J connectivity index is 1.46. The van der Waals surface area contributed by atoms with Crippen LogP contribution in [0.15, 0.2) is 12.5 Å². The molecule has 0 spiro atoms. The molecule has 2 aromatic heterocycles. The quantitative estimate of drug-likeness (QED) is 0.758. The van der Waals surface area contributed by atoms with Gasteiger partial charge < -0.3 is 20.9 Å². The molecule has 7 heteroatoms. The van der Waals surface area contributed by atoms with E-state index in [9.17, 15) is 4.79 Å². The summed E-state index contributed by atoms with van der Waals surface area (Å²) in [5, 5.41) is 4.20. The summed E-state index contributed by atoms with van der Waals surface area (Å²) in [5.74, 6) is 1.31. The largest absolute Gasteiger partial charge is 0.354 e. The Morgan fingerprint density at radius 3 is 3.00 bits per heavy atom. The van der Waals surface area contributed by atoms with E-state index in [1.807, 2.05) is 6.20 Å². The summed E-state index contributed by atoms with van der Waals surface area (Å²) in [6, 6.07) is 0. The van der Waals surface area contributed by atoms with Crippen molar-refractivity contribution in [2.24, 2.45) is 11.7 Å². The first-order valence-corrected chi connectivity index (χ1v) is 9.72. The Kier molecular flexibility index (Phi) is 4.56. The van der Waals surface area contributed by atoms with Gasteiger partial charge in [-0.2, -0.15) is 0 Å². The van der Waals surface area contributed by atoms with E-state index in [4.69, 9.17) is 5.73 Å². The number of H-pyrrole nitrogens is 1. The number of nitrogens with two attached hydrogens (primary N) is 1. The van der Waals surface area contributed by atoms with E-state index in [1.165, 1.54) is 18.4 Å². The van der Waals surface area contributed by atoms with Gasteiger partial charge in [-0.05, 0) is 31.2 Å². The van der Waals surface area contributed by atoms with Crippen LogP contribution in [-0.2, 0) is 11.2 Å². The van der Waals surface area contributed by atoms with E-state index in [-0.39, 0.29) is 11.8 Å². The van der Waals surface area contributed by atoms with Crippen LogP contribution in [0.1, 0.15) is 44.6 Å². The number of amides is 1. The Morgan fingerprint density at radius 2 is 2.23 bits per heavy atom. The molecule has 3 heterocycles. The highest BCUT2D eigenvalue weighted by atomic mass is 16.1. The van der Waals surface area contributed by atoms with E-state index >= 15 is 0 Å². The third kappa shape index (κ3) is 3.16. The Bertz CT molecular complexity index is 796. The molecular weight excluding hydrogens is 328 g/mol. The second-order valence-corrected chi connectivity index (χ2v) is 7.82. The first-order chi connectivity index (χ1) is 12.6. The average Bonchev–Trinajstić information content (AvgIpc) is 3.39. The van der Waals surface area contributed by atoms with Crippen molar-refractivity contribution >= 4 is 22.8 Å². The number of aromatic amines is 1. The molecule has 4 rings (SSSR count). The van der Waals surface area contributed by atoms with Gasteiger partial charge in [-0.15, -0.1) is 0 Å². The zero-order chi connectivity index (χ0) is 18.1. The molecule has 0 bridgehead atoms. The predicted octanol–water partition coefficient (Wildman–Crippen LogP) is 1.73. The Hall–Kier alpha value is -2.15. The van der Waals surface area contributed by atoms with Gasteiger partial charge in [0.25, 0.3) is 0 Å². The normalized spacial score (nSPS) is 23.8. The summed E-state index contributed by atoms with van der Waals surface area (Å²) >= 11 is 0. The molecule has 1 atom stereocenters. The van der Waals surface area contributed by atoms with Crippen molar-refractivity contribution in [2.45, 2.75) is 51.0 Å². The highest BCUT2D eigenvalue weighted by Gasteiger charge is 2.37. The van der Waals surface area contributed by atoms with Crippen LogP contribution < -0.4 is 16.0 Å². The molecule has 1 amide bonds. The fourth-order valence-electron chi connectivity index (χ4n) is 4.34. The minimum absolute atomic E-state index is 0.175. The number of rotatable bonds is 5. The molecule has 1 aliphatic heterocycles. The molecule has 1 aliphatic carbocycles. The van der Waals surface area contributed by atoms with Gasteiger partial charge in [0.2, 0.25) is 5.91 Å². The number of fused-ring (bicyclic) bond motifs is 1. The summed E-state index contributed by atoms with van der Waals surface area (Å²) in [6.45, 7) is 4.20. The number of carbonyl (C=O) groups is 1. The zero-order valence-corrected chi connectivity index (χ0v) is 15.4. The summed E-state index contributed by atoms with van der Waals surface area (Å²) in [6.07, 6.45) is 9.75. The molecule has 0 unspecified atom stereocenters. The van der Waals surface area contributed by atoms with Gasteiger partial charge in [0.1, 0.15) is 17.8 Å². The summed E-state index contributed by atoms with van der Waals surface area (Å²) in [4.78, 5) is 26.7. The molecule has 26 heavy (non-hydrogen) atoms. The van der Waals surface area contributed by atoms with Gasteiger partial charge in [0.15, 0.2) is 0 Å². The molecule has 1 saturated heterocycles. The lowest BCUT2D eigenvalue weighted by atomic mass is 9.99. The average molecular weight is 356 g/mol. The Labute approximate surface area is 153 Å². The summed E-state index contributed by atoms with van der Waals surface area (Å²) < 4.78 is 0. The van der Waals surface area contributed by atoms with Crippen LogP contribution >= 0.6 is 0 Å². The highest BCUT2D eigenvalue weighted by molar-refractivity contribution is 5.91. The topological polar surface area (TPSA) is 99.9 Å². The minimum atomic E-state index is -0.409. The van der Waals surface area contributed by atoms with E-state index in [1.54, 1.807) is 6.33 Å². The maximum Gasteiger partial charge on any atom is 0.223 e. The molecule has 0 aromatic carbocycles. The number of aromatic nitrogens is 3. The molecule has 2 aromatic rings. The third-order valence-electron chi connectivity index (χ3n) is 5.94. The lowest BCUT2D eigenvalue weighted by molar-refractivity contribution is -0.125. The summed E-state index contributed by atoms with van der Waals surface area (Å²) in [7, 11) is 0. The first-order valence-electron chi connectivity index (χ1n) is 9.72. The van der Waals surface area contributed by atoms with Crippen LogP contribution in [0.5, 0.6) is 0 Å². The number of hydrogen-bond acceptors (Lipinski definition) is 5. The van der Waals surface area contributed by atoms with Crippen molar-refractivity contribution < 1.29 is 4.79 Å². The van der Waals surface area contributed by atoms with Crippen molar-refractivity contribution in [2.75, 3.05) is 24.5 Å². The maximum absolute atomic E-state index is 12.3. The number of nitrogens with zero attached hydrogens (tertiary/aromatic N) is 3. The fourth-order valence-corrected chi connectivity index (χ4v) is 4.34. The van der Waals surface area contributed by atoms with E-state index in [0.29, 0.717) is 13.1 Å². The van der Waals surface area contributed by atoms with Crippen molar-refractivity contribution in [1.29, 1.82) is 0 Å². The van der Waals surface area contributed by atoms with Crippen LogP contribution in [0.25, 0.3) is 11.0 Å². The predicted molar refractivity (Wildman–Crippen MR) is 102 cm³/mol. The van der Waals surface area contributed by atoms with Crippen LogP contribution in [0, 0.1) is 5.92 Å². The van der Waals surface area contributed by atoms with Gasteiger partial charge in [0.05, 0.1) is 10.9 Å². The van der Waals surface area contributed by atoms with Crippen LogP contribution in [0.2, 0.25) is 0 Å². The van der Waals surface area contributed by atoms with Gasteiger partial charge >= 0.3 is 0 Å². The molecule has 140 valence electrons. The van der Waals surface area contributed by atoms with E-state index in [0.717, 1.165) is 49.1 Å². The number of hydrogen-bond donors (Lipinski definition) is 3. The minimum Gasteiger partial charge on any atom is -0.354 e. The van der Waals surface area contributed by atoms with Gasteiger partial charge in [-0.3, -0.25) is 4.79 Å². The highest BCUT2D eigenvalue weighted by Crippen LogP contribution is 2.31. The lowest BCUT2D eigenvalue weighted by Crippen LogP contribution is -2.52. The molecule has 2 aliphatic rings. The second-order valence-electron chi connectivity index (χ2n) is 7.82. The smallest absolute Gasteiger partial charge is 0.223 e. The third-order valence-corrected chi connectivity index (χ3v) is 5.94. The van der Waals surface area contributed by atoms with Crippen LogP contribution in [0.4, 0.5) is 5.82 Å². The molecule has 4 N–H and O–H groups in total. The van der Waals surface area contributed by atoms with Gasteiger partial charge in [0, 0.05) is 31.7 Å². The molecule has 0 radical (unpaired) electrons. The van der Waals surface area contributed by atoms with E-state index < -0.39 is 5.54 Å². The zero-order valence-electron chi connectivity index (χ0n) is 15.4. The molecule has 7 nitrogen and oxygen atoms in total. The first kappa shape index (κ1) is 17.3. The molecule has 2 fully saturated rings. The van der Waals surface area contributed by atoms with E-state index in [2.05, 4.69) is 32.1 Å². The number of anilines is 1. The van der Waals surface area contributed by atoms with Crippen LogP contribution in [-0.4, -0.2) is 46.0 Å². The molecule has 1 saturated carbocycles. The SMILES string of the molecule is CCc1c[nH]c2ncnc(N3CC[C@](N)(CNC(=O)C4CCCC4)C3)c12. The van der Waals surface area contributed by atoms with Gasteiger partial charge in [-0.1, -0.05) is 19.8 Å². The molecular formula is C19H28N6O. The number of aryl methyl sites for hydroxylation is 1.